The number of anilines is 1. The Labute approximate surface area is 183 Å². The largest absolute Gasteiger partial charge is 0.439 e. The van der Waals surface area contributed by atoms with E-state index in [1.165, 1.54) is 24.3 Å². The van der Waals surface area contributed by atoms with Crippen LogP contribution in [0.3, 0.4) is 0 Å². The van der Waals surface area contributed by atoms with Crippen LogP contribution in [-0.4, -0.2) is 23.3 Å². The first-order chi connectivity index (χ1) is 14.7. The summed E-state index contributed by atoms with van der Waals surface area (Å²) >= 11 is 3.32. The van der Waals surface area contributed by atoms with E-state index in [1.54, 1.807) is 18.2 Å². The van der Waals surface area contributed by atoms with Crippen molar-refractivity contribution in [1.82, 2.24) is 10.3 Å². The lowest BCUT2D eigenvalue weighted by Crippen LogP contribution is -2.32. The maximum absolute atomic E-state index is 12.6. The van der Waals surface area contributed by atoms with Gasteiger partial charge in [0, 0.05) is 22.3 Å². The van der Waals surface area contributed by atoms with Gasteiger partial charge in [-0.1, -0.05) is 12.1 Å². The average Bonchev–Trinajstić information content (AvgIpc) is 2.74. The van der Waals surface area contributed by atoms with E-state index >= 15 is 0 Å². The van der Waals surface area contributed by atoms with Crippen molar-refractivity contribution in [2.45, 2.75) is 6.18 Å². The van der Waals surface area contributed by atoms with Gasteiger partial charge in [-0.2, -0.15) is 13.2 Å². The van der Waals surface area contributed by atoms with Gasteiger partial charge in [0.1, 0.15) is 5.75 Å². The number of carbonyl (C=O) groups is 2. The van der Waals surface area contributed by atoms with Gasteiger partial charge in [-0.15, -0.1) is 0 Å². The van der Waals surface area contributed by atoms with E-state index in [0.29, 0.717) is 16.4 Å². The number of halogens is 4. The highest BCUT2D eigenvalue weighted by Crippen LogP contribution is 2.30. The Kier molecular flexibility index (Phi) is 6.91. The van der Waals surface area contributed by atoms with Crippen molar-refractivity contribution in [2.75, 3.05) is 11.9 Å². The summed E-state index contributed by atoms with van der Waals surface area (Å²) in [7, 11) is 0. The van der Waals surface area contributed by atoms with Gasteiger partial charge >= 0.3 is 6.18 Å². The molecule has 3 aromatic rings. The molecule has 0 aliphatic carbocycles. The molecule has 160 valence electrons. The van der Waals surface area contributed by atoms with Gasteiger partial charge in [-0.05, 0) is 58.4 Å². The molecule has 31 heavy (non-hydrogen) atoms. The number of ether oxygens (including phenoxy) is 1. The molecule has 2 aromatic carbocycles. The van der Waals surface area contributed by atoms with E-state index in [-0.39, 0.29) is 23.7 Å². The molecule has 0 radical (unpaired) electrons. The molecule has 0 unspecified atom stereocenters. The minimum atomic E-state index is -4.48. The molecule has 0 saturated carbocycles. The number of carbonyl (C=O) groups excluding carboxylic acids is 2. The first-order valence-electron chi connectivity index (χ1n) is 8.86. The number of para-hydroxylation sites is 1. The van der Waals surface area contributed by atoms with Gasteiger partial charge in [0.25, 0.3) is 5.91 Å². The minimum absolute atomic E-state index is 0.0195. The molecular formula is C21H15BrF3N3O3. The quantitative estimate of drug-likeness (QED) is 0.504. The number of alkyl halides is 3. The Morgan fingerprint density at radius 3 is 2.32 bits per heavy atom. The smallest absolute Gasteiger partial charge is 0.417 e. The van der Waals surface area contributed by atoms with Crippen LogP contribution in [-0.2, 0) is 11.0 Å². The van der Waals surface area contributed by atoms with E-state index in [0.717, 1.165) is 12.1 Å². The Balaban J connectivity index is 1.53. The monoisotopic (exact) mass is 493 g/mol. The molecule has 1 aromatic heterocycles. The second-order valence-corrected chi connectivity index (χ2v) is 7.07. The number of nitrogens with zero attached hydrogens (tertiary/aromatic N) is 1. The Hall–Kier alpha value is -3.40. The summed E-state index contributed by atoms with van der Waals surface area (Å²) in [5.41, 5.74) is -0.0166. The highest BCUT2D eigenvalue weighted by molar-refractivity contribution is 9.10. The van der Waals surface area contributed by atoms with Gasteiger partial charge in [-0.25, -0.2) is 4.98 Å². The highest BCUT2D eigenvalue weighted by atomic mass is 79.9. The van der Waals surface area contributed by atoms with Crippen molar-refractivity contribution in [3.63, 3.8) is 0 Å². The predicted molar refractivity (Wildman–Crippen MR) is 111 cm³/mol. The predicted octanol–water partition coefficient (Wildman–Crippen LogP) is 5.02. The van der Waals surface area contributed by atoms with Crippen LogP contribution in [0.25, 0.3) is 0 Å². The molecule has 2 amide bonds. The minimum Gasteiger partial charge on any atom is -0.439 e. The van der Waals surface area contributed by atoms with Gasteiger partial charge in [-0.3, -0.25) is 9.59 Å². The number of benzene rings is 2. The standard InChI is InChI=1S/C21H15BrF3N3O3/c22-16-3-1-2-4-17(16)28-18(29)12-27-20(30)13-5-8-15(9-6-13)31-19-10-7-14(11-26-19)21(23,24)25/h1-11H,12H2,(H,27,30)(H,28,29). The maximum Gasteiger partial charge on any atom is 0.417 e. The van der Waals surface area contributed by atoms with Crippen molar-refractivity contribution in [3.8, 4) is 11.6 Å². The van der Waals surface area contributed by atoms with Crippen molar-refractivity contribution in [3.05, 3.63) is 82.5 Å². The summed E-state index contributed by atoms with van der Waals surface area (Å²) < 4.78 is 43.8. The summed E-state index contributed by atoms with van der Waals surface area (Å²) in [6.45, 7) is -0.228. The first-order valence-corrected chi connectivity index (χ1v) is 9.65. The van der Waals surface area contributed by atoms with Gasteiger partial charge in [0.15, 0.2) is 0 Å². The maximum atomic E-state index is 12.6. The Morgan fingerprint density at radius 1 is 1.00 bits per heavy atom. The van der Waals surface area contributed by atoms with Gasteiger partial charge < -0.3 is 15.4 Å². The van der Waals surface area contributed by atoms with Crippen LogP contribution in [0.15, 0.2) is 71.3 Å². The lowest BCUT2D eigenvalue weighted by atomic mass is 10.2. The molecule has 0 saturated heterocycles. The van der Waals surface area contributed by atoms with Crippen LogP contribution >= 0.6 is 15.9 Å². The fraction of sp³-hybridized carbons (Fsp3) is 0.0952. The molecule has 3 rings (SSSR count). The summed E-state index contributed by atoms with van der Waals surface area (Å²) in [6, 6.07) is 14.9. The molecule has 0 aliphatic heterocycles. The first kappa shape index (κ1) is 22.3. The second-order valence-electron chi connectivity index (χ2n) is 6.22. The number of amides is 2. The third-order valence-electron chi connectivity index (χ3n) is 3.96. The van der Waals surface area contributed by atoms with Crippen LogP contribution in [0.4, 0.5) is 18.9 Å². The molecule has 0 bridgehead atoms. The molecule has 0 spiro atoms. The summed E-state index contributed by atoms with van der Waals surface area (Å²) in [6.07, 6.45) is -3.80. The summed E-state index contributed by atoms with van der Waals surface area (Å²) in [5, 5.41) is 5.17. The molecule has 6 nitrogen and oxygen atoms in total. The van der Waals surface area contributed by atoms with E-state index in [4.69, 9.17) is 4.74 Å². The van der Waals surface area contributed by atoms with Gasteiger partial charge in [0.2, 0.25) is 11.8 Å². The van der Waals surface area contributed by atoms with Crippen LogP contribution in [0.1, 0.15) is 15.9 Å². The lowest BCUT2D eigenvalue weighted by Gasteiger charge is -2.09. The van der Waals surface area contributed by atoms with Crippen molar-refractivity contribution in [1.29, 1.82) is 0 Å². The zero-order valence-electron chi connectivity index (χ0n) is 15.7. The second kappa shape index (κ2) is 9.61. The van der Waals surface area contributed by atoms with Crippen molar-refractivity contribution >= 4 is 33.4 Å². The fourth-order valence-electron chi connectivity index (χ4n) is 2.42. The number of rotatable bonds is 6. The third-order valence-corrected chi connectivity index (χ3v) is 4.65. The summed E-state index contributed by atoms with van der Waals surface area (Å²) in [4.78, 5) is 27.8. The van der Waals surface area contributed by atoms with Crippen molar-refractivity contribution < 1.29 is 27.5 Å². The molecule has 1 heterocycles. The Bertz CT molecular complexity index is 1070. The molecule has 2 N–H and O–H groups in total. The van der Waals surface area contributed by atoms with E-state index < -0.39 is 23.6 Å². The number of nitrogens with one attached hydrogen (secondary N) is 2. The highest BCUT2D eigenvalue weighted by Gasteiger charge is 2.30. The fourth-order valence-corrected chi connectivity index (χ4v) is 2.81. The lowest BCUT2D eigenvalue weighted by molar-refractivity contribution is -0.137. The van der Waals surface area contributed by atoms with Crippen LogP contribution < -0.4 is 15.4 Å². The summed E-state index contributed by atoms with van der Waals surface area (Å²) in [5.74, 6) is -0.598. The van der Waals surface area contributed by atoms with Crippen LogP contribution in [0, 0.1) is 0 Å². The number of aromatic nitrogens is 1. The van der Waals surface area contributed by atoms with E-state index in [1.807, 2.05) is 6.07 Å². The normalized spacial score (nSPS) is 11.0. The molecule has 0 atom stereocenters. The number of pyridine rings is 1. The molecule has 0 fully saturated rings. The molecular weight excluding hydrogens is 479 g/mol. The van der Waals surface area contributed by atoms with Gasteiger partial charge in [0.05, 0.1) is 17.8 Å². The Morgan fingerprint density at radius 2 is 1.71 bits per heavy atom. The van der Waals surface area contributed by atoms with Crippen LogP contribution in [0.2, 0.25) is 0 Å². The zero-order valence-corrected chi connectivity index (χ0v) is 17.3. The van der Waals surface area contributed by atoms with Crippen molar-refractivity contribution in [2.24, 2.45) is 0 Å². The topological polar surface area (TPSA) is 80.3 Å². The third kappa shape index (κ3) is 6.29. The SMILES string of the molecule is O=C(CNC(=O)c1ccc(Oc2ccc(C(F)(F)F)cn2)cc1)Nc1ccccc1Br. The average molecular weight is 494 g/mol. The van der Waals surface area contributed by atoms with Crippen LogP contribution in [0.5, 0.6) is 11.6 Å². The van der Waals surface area contributed by atoms with E-state index in [2.05, 4.69) is 31.5 Å². The molecule has 10 heteroatoms. The number of hydrogen-bond acceptors (Lipinski definition) is 4. The zero-order chi connectivity index (χ0) is 22.4. The molecule has 0 aliphatic rings. The number of hydrogen-bond donors (Lipinski definition) is 2. The van der Waals surface area contributed by atoms with E-state index in [9.17, 15) is 22.8 Å².